The minimum absolute atomic E-state index is 0.0416. The fourth-order valence-electron chi connectivity index (χ4n) is 2.49. The van der Waals surface area contributed by atoms with Crippen LogP contribution >= 0.6 is 11.6 Å². The average Bonchev–Trinajstić information content (AvgIpc) is 2.86. The first-order chi connectivity index (χ1) is 8.65. The third-order valence-electron chi connectivity index (χ3n) is 3.56. The normalized spacial score (nSPS) is 21.1. The van der Waals surface area contributed by atoms with Crippen molar-refractivity contribution in [3.8, 4) is 0 Å². The third kappa shape index (κ3) is 2.52. The number of nitrogens with two attached hydrogens (primary N) is 1. The molecule has 1 unspecified atom stereocenters. The molecule has 2 rings (SSSR count). The van der Waals surface area contributed by atoms with E-state index < -0.39 is 6.04 Å². The molecule has 1 heterocycles. The minimum atomic E-state index is -0.395. The van der Waals surface area contributed by atoms with E-state index in [9.17, 15) is 4.79 Å². The Labute approximate surface area is 113 Å². The quantitative estimate of drug-likeness (QED) is 0.914. The van der Waals surface area contributed by atoms with E-state index in [0.717, 1.165) is 30.0 Å². The summed E-state index contributed by atoms with van der Waals surface area (Å²) in [6, 6.07) is 7.43. The van der Waals surface area contributed by atoms with Gasteiger partial charge in [0, 0.05) is 11.6 Å². The van der Waals surface area contributed by atoms with Crippen molar-refractivity contribution in [1.82, 2.24) is 4.90 Å². The van der Waals surface area contributed by atoms with Gasteiger partial charge in [-0.1, -0.05) is 36.7 Å². The summed E-state index contributed by atoms with van der Waals surface area (Å²) < 4.78 is 0. The summed E-state index contributed by atoms with van der Waals surface area (Å²) in [6.45, 7) is 2.71. The smallest absolute Gasteiger partial charge is 0.239 e. The molecular formula is C14H19ClN2O. The molecule has 1 fully saturated rings. The number of benzene rings is 1. The van der Waals surface area contributed by atoms with Gasteiger partial charge in [-0.05, 0) is 30.9 Å². The van der Waals surface area contributed by atoms with Crippen LogP contribution in [-0.2, 0) is 4.79 Å². The van der Waals surface area contributed by atoms with Gasteiger partial charge >= 0.3 is 0 Å². The van der Waals surface area contributed by atoms with Gasteiger partial charge in [-0.15, -0.1) is 0 Å². The van der Waals surface area contributed by atoms with Crippen LogP contribution in [0, 0.1) is 0 Å². The second kappa shape index (κ2) is 5.72. The fraction of sp³-hybridized carbons (Fsp3) is 0.500. The molecule has 1 aliphatic heterocycles. The van der Waals surface area contributed by atoms with E-state index >= 15 is 0 Å². The van der Waals surface area contributed by atoms with Gasteiger partial charge in [-0.2, -0.15) is 0 Å². The summed E-state index contributed by atoms with van der Waals surface area (Å²) >= 11 is 6.22. The number of carbonyl (C=O) groups is 1. The van der Waals surface area contributed by atoms with Crippen molar-refractivity contribution in [2.24, 2.45) is 5.73 Å². The second-order valence-corrected chi connectivity index (χ2v) is 5.13. The highest BCUT2D eigenvalue weighted by atomic mass is 35.5. The SMILES string of the molecule is CC[C@@H](N)C(=O)N1CCCC1c1ccccc1Cl. The standard InChI is InChI=1S/C14H19ClN2O/c1-2-12(16)14(18)17-9-5-8-13(17)10-6-3-4-7-11(10)15/h3-4,6-7,12-13H,2,5,8-9,16H2,1H3/t12-,13?/m1/s1. The number of hydrogen-bond donors (Lipinski definition) is 1. The number of hydrogen-bond acceptors (Lipinski definition) is 2. The van der Waals surface area contributed by atoms with Gasteiger partial charge < -0.3 is 10.6 Å². The van der Waals surface area contributed by atoms with Gasteiger partial charge in [0.15, 0.2) is 0 Å². The maximum absolute atomic E-state index is 12.2. The Bertz CT molecular complexity index is 436. The highest BCUT2D eigenvalue weighted by molar-refractivity contribution is 6.31. The van der Waals surface area contributed by atoms with Crippen LogP contribution in [0.25, 0.3) is 0 Å². The van der Waals surface area contributed by atoms with E-state index in [2.05, 4.69) is 0 Å². The van der Waals surface area contributed by atoms with Crippen LogP contribution in [0.2, 0.25) is 5.02 Å². The molecule has 18 heavy (non-hydrogen) atoms. The number of halogens is 1. The fourth-order valence-corrected chi connectivity index (χ4v) is 2.75. The monoisotopic (exact) mass is 266 g/mol. The van der Waals surface area contributed by atoms with E-state index in [0.29, 0.717) is 6.42 Å². The number of nitrogens with zero attached hydrogens (tertiary/aromatic N) is 1. The third-order valence-corrected chi connectivity index (χ3v) is 3.90. The molecule has 98 valence electrons. The largest absolute Gasteiger partial charge is 0.334 e. The second-order valence-electron chi connectivity index (χ2n) is 4.73. The van der Waals surface area contributed by atoms with E-state index in [1.165, 1.54) is 0 Å². The van der Waals surface area contributed by atoms with E-state index in [-0.39, 0.29) is 11.9 Å². The summed E-state index contributed by atoms with van der Waals surface area (Å²) in [7, 11) is 0. The zero-order chi connectivity index (χ0) is 13.1. The number of likely N-dealkylation sites (tertiary alicyclic amines) is 1. The molecule has 0 spiro atoms. The molecule has 0 bridgehead atoms. The lowest BCUT2D eigenvalue weighted by Gasteiger charge is -2.28. The van der Waals surface area contributed by atoms with Crippen molar-refractivity contribution in [1.29, 1.82) is 0 Å². The Balaban J connectivity index is 2.23. The summed E-state index contributed by atoms with van der Waals surface area (Å²) in [5.41, 5.74) is 6.89. The van der Waals surface area contributed by atoms with Crippen LogP contribution in [-0.4, -0.2) is 23.4 Å². The van der Waals surface area contributed by atoms with Crippen molar-refractivity contribution in [3.05, 3.63) is 34.9 Å². The zero-order valence-corrected chi connectivity index (χ0v) is 11.4. The van der Waals surface area contributed by atoms with E-state index in [1.807, 2.05) is 36.1 Å². The Morgan fingerprint density at radius 3 is 2.94 bits per heavy atom. The summed E-state index contributed by atoms with van der Waals surface area (Å²) in [4.78, 5) is 14.1. The van der Waals surface area contributed by atoms with Gasteiger partial charge in [0.05, 0.1) is 12.1 Å². The average molecular weight is 267 g/mol. The minimum Gasteiger partial charge on any atom is -0.334 e. The molecule has 0 aromatic heterocycles. The Kier molecular flexibility index (Phi) is 4.25. The summed E-state index contributed by atoms with van der Waals surface area (Å²) in [5, 5.41) is 0.729. The summed E-state index contributed by atoms with van der Waals surface area (Å²) in [5.74, 6) is 0.0416. The van der Waals surface area contributed by atoms with Crippen molar-refractivity contribution >= 4 is 17.5 Å². The van der Waals surface area contributed by atoms with Crippen LogP contribution in [0.15, 0.2) is 24.3 Å². The van der Waals surface area contributed by atoms with Crippen LogP contribution in [0.5, 0.6) is 0 Å². The predicted octanol–water partition coefficient (Wildman–Crippen LogP) is 2.74. The number of rotatable bonds is 3. The predicted molar refractivity (Wildman–Crippen MR) is 73.4 cm³/mol. The first-order valence-electron chi connectivity index (χ1n) is 6.45. The lowest BCUT2D eigenvalue weighted by atomic mass is 10.0. The number of amides is 1. The molecule has 4 heteroatoms. The zero-order valence-electron chi connectivity index (χ0n) is 10.6. The molecule has 1 aromatic carbocycles. The molecule has 2 atom stereocenters. The molecule has 1 aliphatic rings. The Hall–Kier alpha value is -1.06. The van der Waals surface area contributed by atoms with E-state index in [4.69, 9.17) is 17.3 Å². The van der Waals surface area contributed by atoms with Gasteiger partial charge in [-0.25, -0.2) is 0 Å². The summed E-state index contributed by atoms with van der Waals surface area (Å²) in [6.07, 6.45) is 2.65. The molecule has 2 N–H and O–H groups in total. The lowest BCUT2D eigenvalue weighted by molar-refractivity contribution is -0.133. The van der Waals surface area contributed by atoms with Gasteiger partial charge in [0.25, 0.3) is 0 Å². The van der Waals surface area contributed by atoms with Crippen molar-refractivity contribution in [3.63, 3.8) is 0 Å². The maximum atomic E-state index is 12.2. The van der Waals surface area contributed by atoms with Crippen LogP contribution in [0.4, 0.5) is 0 Å². The first kappa shape index (κ1) is 13.4. The van der Waals surface area contributed by atoms with Gasteiger partial charge in [-0.3, -0.25) is 4.79 Å². The molecule has 1 amide bonds. The molecule has 0 aliphatic carbocycles. The topological polar surface area (TPSA) is 46.3 Å². The lowest BCUT2D eigenvalue weighted by Crippen LogP contribution is -2.43. The maximum Gasteiger partial charge on any atom is 0.239 e. The Morgan fingerprint density at radius 2 is 2.28 bits per heavy atom. The van der Waals surface area contributed by atoms with Gasteiger partial charge in [0.2, 0.25) is 5.91 Å². The van der Waals surface area contributed by atoms with Crippen LogP contribution in [0.1, 0.15) is 37.8 Å². The Morgan fingerprint density at radius 1 is 1.56 bits per heavy atom. The molecular weight excluding hydrogens is 248 g/mol. The number of carbonyl (C=O) groups excluding carboxylic acids is 1. The molecule has 1 aromatic rings. The van der Waals surface area contributed by atoms with Crippen molar-refractivity contribution in [2.45, 2.75) is 38.3 Å². The molecule has 0 radical (unpaired) electrons. The highest BCUT2D eigenvalue weighted by Crippen LogP contribution is 2.35. The highest BCUT2D eigenvalue weighted by Gasteiger charge is 2.32. The van der Waals surface area contributed by atoms with Crippen molar-refractivity contribution in [2.75, 3.05) is 6.54 Å². The molecule has 3 nitrogen and oxygen atoms in total. The molecule has 1 saturated heterocycles. The molecule has 0 saturated carbocycles. The first-order valence-corrected chi connectivity index (χ1v) is 6.83. The van der Waals surface area contributed by atoms with Crippen LogP contribution in [0.3, 0.4) is 0 Å². The van der Waals surface area contributed by atoms with Crippen LogP contribution < -0.4 is 5.73 Å². The van der Waals surface area contributed by atoms with Gasteiger partial charge in [0.1, 0.15) is 0 Å². The van der Waals surface area contributed by atoms with E-state index in [1.54, 1.807) is 0 Å². The van der Waals surface area contributed by atoms with Crippen molar-refractivity contribution < 1.29 is 4.79 Å².